The summed E-state index contributed by atoms with van der Waals surface area (Å²) in [6.45, 7) is 3.59. The van der Waals surface area contributed by atoms with Crippen LogP contribution in [0.2, 0.25) is 0 Å². The third kappa shape index (κ3) is 5.67. The lowest BCUT2D eigenvalue weighted by Crippen LogP contribution is -2.45. The fourth-order valence-electron chi connectivity index (χ4n) is 3.07. The number of hydrogen-bond donors (Lipinski definition) is 3. The molecule has 4 aromatic rings. The first kappa shape index (κ1) is 23.1. The lowest BCUT2D eigenvalue weighted by molar-refractivity contribution is -0.128. The number of H-pyrrole nitrogens is 1. The Labute approximate surface area is 201 Å². The van der Waals surface area contributed by atoms with Crippen molar-refractivity contribution in [2.45, 2.75) is 31.3 Å². The first-order valence-corrected chi connectivity index (χ1v) is 12.9. The van der Waals surface area contributed by atoms with Gasteiger partial charge in [-0.1, -0.05) is 30.3 Å². The number of hydrazine groups is 1. The summed E-state index contributed by atoms with van der Waals surface area (Å²) < 4.78 is 0. The molecule has 0 aliphatic rings. The predicted octanol–water partition coefficient (Wildman–Crippen LogP) is 3.43. The topological polar surface area (TPSA) is 117 Å². The van der Waals surface area contributed by atoms with E-state index >= 15 is 0 Å². The van der Waals surface area contributed by atoms with Gasteiger partial charge < -0.3 is 4.98 Å². The summed E-state index contributed by atoms with van der Waals surface area (Å²) in [6, 6.07) is 9.71. The summed E-state index contributed by atoms with van der Waals surface area (Å²) in [7, 11) is 0. The largest absolute Gasteiger partial charge is 0.309 e. The van der Waals surface area contributed by atoms with Crippen molar-refractivity contribution in [3.05, 3.63) is 68.0 Å². The SMILES string of the molecule is Cc1csc(CC(=O)NNC(=O)C(C)SCc2nc3scc(-c4ccccc4)c3c(=O)[nH]2)n1. The molecule has 0 aliphatic carbocycles. The van der Waals surface area contributed by atoms with Crippen LogP contribution in [0.15, 0.2) is 45.9 Å². The van der Waals surface area contributed by atoms with E-state index in [1.807, 2.05) is 48.0 Å². The molecule has 3 N–H and O–H groups in total. The number of thiophene rings is 1. The maximum Gasteiger partial charge on any atom is 0.260 e. The van der Waals surface area contributed by atoms with E-state index in [1.54, 1.807) is 6.92 Å². The highest BCUT2D eigenvalue weighted by atomic mass is 32.2. The van der Waals surface area contributed by atoms with E-state index in [0.29, 0.717) is 26.8 Å². The highest BCUT2D eigenvalue weighted by Gasteiger charge is 2.17. The Bertz CT molecular complexity index is 1350. The number of aromatic amines is 1. The normalized spacial score (nSPS) is 11.9. The second-order valence-electron chi connectivity index (χ2n) is 7.26. The molecule has 3 aromatic heterocycles. The molecular formula is C22H21N5O3S3. The minimum atomic E-state index is -0.461. The molecule has 8 nitrogen and oxygen atoms in total. The van der Waals surface area contributed by atoms with Crippen LogP contribution in [0.25, 0.3) is 21.3 Å². The molecule has 0 saturated heterocycles. The van der Waals surface area contributed by atoms with E-state index in [2.05, 4.69) is 25.8 Å². The van der Waals surface area contributed by atoms with Crippen LogP contribution < -0.4 is 16.4 Å². The number of nitrogens with zero attached hydrogens (tertiary/aromatic N) is 2. The van der Waals surface area contributed by atoms with E-state index in [1.165, 1.54) is 34.4 Å². The minimum absolute atomic E-state index is 0.108. The van der Waals surface area contributed by atoms with Gasteiger partial charge in [0.25, 0.3) is 11.5 Å². The molecular weight excluding hydrogens is 478 g/mol. The molecule has 0 fully saturated rings. The Hall–Kier alpha value is -3.02. The van der Waals surface area contributed by atoms with Crippen molar-refractivity contribution >= 4 is 56.5 Å². The lowest BCUT2D eigenvalue weighted by Gasteiger charge is -2.12. The average Bonchev–Trinajstić information content (AvgIpc) is 3.42. The third-order valence-corrected chi connectivity index (χ3v) is 7.71. The van der Waals surface area contributed by atoms with Crippen LogP contribution in [-0.4, -0.2) is 32.0 Å². The Kier molecular flexibility index (Phi) is 7.21. The number of rotatable bonds is 7. The number of benzene rings is 1. The van der Waals surface area contributed by atoms with Gasteiger partial charge in [0.05, 0.1) is 22.8 Å². The molecule has 4 rings (SSSR count). The molecule has 0 aliphatic heterocycles. The number of carbonyl (C=O) groups is 2. The van der Waals surface area contributed by atoms with Gasteiger partial charge in [0.15, 0.2) is 0 Å². The highest BCUT2D eigenvalue weighted by Crippen LogP contribution is 2.30. The molecule has 2 amide bonds. The van der Waals surface area contributed by atoms with E-state index in [4.69, 9.17) is 0 Å². The van der Waals surface area contributed by atoms with Crippen LogP contribution in [-0.2, 0) is 21.8 Å². The van der Waals surface area contributed by atoms with Crippen LogP contribution in [0.1, 0.15) is 23.4 Å². The fourth-order valence-corrected chi connectivity index (χ4v) is 5.56. The molecule has 0 bridgehead atoms. The predicted molar refractivity (Wildman–Crippen MR) is 133 cm³/mol. The number of fused-ring (bicyclic) bond motifs is 1. The van der Waals surface area contributed by atoms with Crippen LogP contribution in [0.5, 0.6) is 0 Å². The van der Waals surface area contributed by atoms with Gasteiger partial charge in [-0.2, -0.15) is 0 Å². The fraction of sp³-hybridized carbons (Fsp3) is 0.227. The Morgan fingerprint density at radius 2 is 1.91 bits per heavy atom. The van der Waals surface area contributed by atoms with E-state index in [0.717, 1.165) is 16.8 Å². The maximum absolute atomic E-state index is 12.7. The number of aromatic nitrogens is 3. The zero-order valence-electron chi connectivity index (χ0n) is 17.9. The molecule has 33 heavy (non-hydrogen) atoms. The van der Waals surface area contributed by atoms with Crippen molar-refractivity contribution in [1.82, 2.24) is 25.8 Å². The van der Waals surface area contributed by atoms with E-state index in [9.17, 15) is 14.4 Å². The molecule has 1 aromatic carbocycles. The van der Waals surface area contributed by atoms with Gasteiger partial charge in [-0.25, -0.2) is 9.97 Å². The van der Waals surface area contributed by atoms with Crippen molar-refractivity contribution in [2.24, 2.45) is 0 Å². The van der Waals surface area contributed by atoms with Gasteiger partial charge in [0.2, 0.25) is 5.91 Å². The van der Waals surface area contributed by atoms with Gasteiger partial charge in [0.1, 0.15) is 15.7 Å². The summed E-state index contributed by atoms with van der Waals surface area (Å²) in [5.41, 5.74) is 7.34. The number of nitrogens with one attached hydrogen (secondary N) is 3. The maximum atomic E-state index is 12.7. The average molecular weight is 500 g/mol. The first-order chi connectivity index (χ1) is 15.9. The monoisotopic (exact) mass is 499 g/mol. The van der Waals surface area contributed by atoms with Crippen LogP contribution in [0.3, 0.4) is 0 Å². The lowest BCUT2D eigenvalue weighted by atomic mass is 10.1. The second-order valence-corrected chi connectivity index (χ2v) is 10.4. The zero-order valence-corrected chi connectivity index (χ0v) is 20.3. The Balaban J connectivity index is 1.33. The smallest absolute Gasteiger partial charge is 0.260 e. The molecule has 0 saturated carbocycles. The van der Waals surface area contributed by atoms with Gasteiger partial charge in [-0.3, -0.25) is 25.2 Å². The first-order valence-electron chi connectivity index (χ1n) is 10.1. The molecule has 170 valence electrons. The number of hydrogen-bond acceptors (Lipinski definition) is 8. The third-order valence-electron chi connectivity index (χ3n) is 4.72. The summed E-state index contributed by atoms with van der Waals surface area (Å²) in [4.78, 5) is 49.3. The number of carbonyl (C=O) groups excluding carboxylic acids is 2. The summed E-state index contributed by atoms with van der Waals surface area (Å²) in [5.74, 6) is 0.180. The molecule has 3 heterocycles. The molecule has 1 unspecified atom stereocenters. The highest BCUT2D eigenvalue weighted by molar-refractivity contribution is 7.99. The van der Waals surface area contributed by atoms with Crippen molar-refractivity contribution in [2.75, 3.05) is 0 Å². The minimum Gasteiger partial charge on any atom is -0.309 e. The standard InChI is InChI=1S/C22H21N5O3S3/c1-12-9-32-18(23-12)8-17(28)26-27-20(29)13(2)31-11-16-24-21(30)19-15(10-33-22(19)25-16)14-6-4-3-5-7-14/h3-7,9-10,13H,8,11H2,1-2H3,(H,26,28)(H,27,29)(H,24,25,30). The number of aryl methyl sites for hydroxylation is 1. The van der Waals surface area contributed by atoms with Crippen LogP contribution in [0, 0.1) is 6.92 Å². The molecule has 0 radical (unpaired) electrons. The Morgan fingerprint density at radius 3 is 2.64 bits per heavy atom. The summed E-state index contributed by atoms with van der Waals surface area (Å²) >= 11 is 4.14. The van der Waals surface area contributed by atoms with Crippen molar-refractivity contribution in [1.29, 1.82) is 0 Å². The van der Waals surface area contributed by atoms with E-state index < -0.39 is 5.25 Å². The summed E-state index contributed by atoms with van der Waals surface area (Å²) in [6.07, 6.45) is 0.108. The van der Waals surface area contributed by atoms with Crippen molar-refractivity contribution in [3.8, 4) is 11.1 Å². The number of thioether (sulfide) groups is 1. The van der Waals surface area contributed by atoms with Crippen LogP contribution in [0.4, 0.5) is 0 Å². The van der Waals surface area contributed by atoms with Gasteiger partial charge in [-0.15, -0.1) is 34.4 Å². The number of amides is 2. The summed E-state index contributed by atoms with van der Waals surface area (Å²) in [5, 5.41) is 4.61. The van der Waals surface area contributed by atoms with E-state index in [-0.39, 0.29) is 23.8 Å². The van der Waals surface area contributed by atoms with Gasteiger partial charge in [-0.05, 0) is 19.4 Å². The Morgan fingerprint density at radius 1 is 1.12 bits per heavy atom. The molecule has 1 atom stereocenters. The van der Waals surface area contributed by atoms with Crippen molar-refractivity contribution < 1.29 is 9.59 Å². The zero-order chi connectivity index (χ0) is 23.4. The van der Waals surface area contributed by atoms with Gasteiger partial charge >= 0.3 is 0 Å². The number of thiazole rings is 1. The van der Waals surface area contributed by atoms with Crippen LogP contribution >= 0.6 is 34.4 Å². The second kappa shape index (κ2) is 10.3. The van der Waals surface area contributed by atoms with Gasteiger partial charge in [0, 0.05) is 22.0 Å². The molecule has 11 heteroatoms. The quantitative estimate of drug-likeness (QED) is 0.336. The van der Waals surface area contributed by atoms with Crippen molar-refractivity contribution in [3.63, 3.8) is 0 Å². The molecule has 0 spiro atoms.